The molecule has 1 amide bonds. The van der Waals surface area contributed by atoms with Gasteiger partial charge in [-0.25, -0.2) is 4.98 Å². The van der Waals surface area contributed by atoms with Gasteiger partial charge >= 0.3 is 5.97 Å². The molecule has 2 N–H and O–H groups in total. The summed E-state index contributed by atoms with van der Waals surface area (Å²) in [4.78, 5) is 44.4. The summed E-state index contributed by atoms with van der Waals surface area (Å²) in [6.07, 6.45) is -0.414. The van der Waals surface area contributed by atoms with E-state index in [1.54, 1.807) is 19.2 Å². The van der Waals surface area contributed by atoms with Crippen LogP contribution >= 0.6 is 11.8 Å². The fourth-order valence-corrected chi connectivity index (χ4v) is 6.38. The Hall–Kier alpha value is -5.61. The summed E-state index contributed by atoms with van der Waals surface area (Å²) >= 11 is 1.50. The maximum atomic E-state index is 14.3. The molecule has 0 spiro atoms. The van der Waals surface area contributed by atoms with E-state index in [9.17, 15) is 14.4 Å². The van der Waals surface area contributed by atoms with E-state index >= 15 is 0 Å². The lowest BCUT2D eigenvalue weighted by Gasteiger charge is -2.14. The molecule has 0 fully saturated rings. The Kier molecular flexibility index (Phi) is 9.21. The highest BCUT2D eigenvalue weighted by Crippen LogP contribution is 2.37. The van der Waals surface area contributed by atoms with Crippen molar-refractivity contribution in [2.24, 2.45) is 0 Å². The molecule has 0 saturated heterocycles. The number of thioether (sulfide) groups is 1. The number of hydrogen-bond donors (Lipinski definition) is 2. The number of esters is 1. The number of hydrogen-bond acceptors (Lipinski definition) is 7. The van der Waals surface area contributed by atoms with Crippen LogP contribution in [0.5, 0.6) is 5.75 Å². The molecule has 10 heteroatoms. The molecule has 6 aromatic rings. The number of benzene rings is 4. The van der Waals surface area contributed by atoms with E-state index in [4.69, 9.17) is 9.72 Å². The van der Waals surface area contributed by atoms with Gasteiger partial charge < -0.3 is 14.8 Å². The van der Waals surface area contributed by atoms with Gasteiger partial charge in [0.25, 0.3) is 5.56 Å². The number of nitrogens with zero attached hydrogens (tertiary/aromatic N) is 2. The second-order valence-electron chi connectivity index (χ2n) is 10.8. The molecule has 0 aliphatic rings. The van der Waals surface area contributed by atoms with Gasteiger partial charge in [-0.2, -0.15) is 4.52 Å². The number of aryl methyl sites for hydroxylation is 1. The molecule has 0 saturated carbocycles. The van der Waals surface area contributed by atoms with Crippen molar-refractivity contribution in [2.45, 2.75) is 24.0 Å². The van der Waals surface area contributed by atoms with Crippen LogP contribution in [0.3, 0.4) is 0 Å². The van der Waals surface area contributed by atoms with Crippen LogP contribution in [0, 0.1) is 6.92 Å². The number of carbonyl (C=O) groups excluding carboxylic acids is 2. The second kappa shape index (κ2) is 13.8. The molecule has 0 aliphatic heterocycles. The van der Waals surface area contributed by atoms with E-state index in [1.807, 2.05) is 97.9 Å². The number of fused-ring (bicyclic) bond motifs is 1. The van der Waals surface area contributed by atoms with Crippen LogP contribution in [-0.4, -0.2) is 40.7 Å². The zero-order valence-corrected chi connectivity index (χ0v) is 26.9. The minimum absolute atomic E-state index is 0.250. The molecule has 4 aromatic carbocycles. The molecule has 0 aliphatic carbocycles. The number of aromatic nitrogens is 3. The first-order valence-electron chi connectivity index (χ1n) is 14.9. The van der Waals surface area contributed by atoms with Crippen molar-refractivity contribution in [3.63, 3.8) is 0 Å². The van der Waals surface area contributed by atoms with Crippen LogP contribution in [0.15, 0.2) is 113 Å². The standard InChI is InChI=1S/C37H32N4O5S/c1-23-33(37(44)41-36(38-23)34(25-10-6-4-7-11-25)35(40-41)26-12-8-5-9-13-26)27-16-19-29(39-31(42)21-32(43)46-3)30(20-27)47-22-24-14-17-28(45-2)18-15-24/h4-20,40H,21-22H2,1-3H3,(H,39,42). The predicted molar refractivity (Wildman–Crippen MR) is 185 cm³/mol. The highest BCUT2D eigenvalue weighted by molar-refractivity contribution is 7.98. The summed E-state index contributed by atoms with van der Waals surface area (Å²) in [5.41, 5.74) is 6.98. The smallest absolute Gasteiger partial charge is 0.315 e. The fourth-order valence-electron chi connectivity index (χ4n) is 5.38. The average Bonchev–Trinajstić information content (AvgIpc) is 3.48. The third-order valence-electron chi connectivity index (χ3n) is 7.72. The molecule has 6 rings (SSSR count). The predicted octanol–water partition coefficient (Wildman–Crippen LogP) is 7.13. The number of methoxy groups -OCH3 is 2. The zero-order chi connectivity index (χ0) is 32.9. The van der Waals surface area contributed by atoms with Crippen LogP contribution in [0.25, 0.3) is 39.2 Å². The molecule has 0 atom stereocenters. The van der Waals surface area contributed by atoms with Crippen molar-refractivity contribution in [3.8, 4) is 39.3 Å². The SMILES string of the molecule is COC(=O)CC(=O)Nc1ccc(-c2c(C)nc3c(-c4ccccc4)c(-c4ccccc4)[nH]n3c2=O)cc1SCc1ccc(OC)cc1. The molecule has 47 heavy (non-hydrogen) atoms. The van der Waals surface area contributed by atoms with Gasteiger partial charge in [0.1, 0.15) is 12.2 Å². The molecule has 2 heterocycles. The fraction of sp³-hybridized carbons (Fsp3) is 0.135. The van der Waals surface area contributed by atoms with E-state index < -0.39 is 18.3 Å². The van der Waals surface area contributed by atoms with Gasteiger partial charge in [-0.3, -0.25) is 19.5 Å². The minimum Gasteiger partial charge on any atom is -0.497 e. The third-order valence-corrected chi connectivity index (χ3v) is 8.84. The molecule has 0 bridgehead atoms. The Morgan fingerprint density at radius 3 is 2.19 bits per heavy atom. The summed E-state index contributed by atoms with van der Waals surface area (Å²) in [5.74, 6) is 0.208. The Labute approximate surface area is 275 Å². The lowest BCUT2D eigenvalue weighted by atomic mass is 10.0. The van der Waals surface area contributed by atoms with Gasteiger partial charge in [-0.15, -0.1) is 11.8 Å². The molecule has 0 unspecified atom stereocenters. The number of rotatable bonds is 10. The maximum absolute atomic E-state index is 14.3. The number of ether oxygens (including phenoxy) is 2. The van der Waals surface area contributed by atoms with E-state index in [2.05, 4.69) is 15.2 Å². The lowest BCUT2D eigenvalue weighted by Crippen LogP contribution is -2.19. The van der Waals surface area contributed by atoms with Crippen LogP contribution < -0.4 is 15.6 Å². The quantitative estimate of drug-likeness (QED) is 0.0926. The first-order valence-corrected chi connectivity index (χ1v) is 15.9. The van der Waals surface area contributed by atoms with Crippen molar-refractivity contribution in [1.82, 2.24) is 14.6 Å². The molecule has 9 nitrogen and oxygen atoms in total. The van der Waals surface area contributed by atoms with Crippen LogP contribution in [0.4, 0.5) is 5.69 Å². The van der Waals surface area contributed by atoms with Gasteiger partial charge in [0.15, 0.2) is 5.65 Å². The van der Waals surface area contributed by atoms with Gasteiger partial charge in [0, 0.05) is 16.2 Å². The molecular weight excluding hydrogens is 612 g/mol. The third kappa shape index (κ3) is 6.68. The number of carbonyl (C=O) groups is 2. The normalized spacial score (nSPS) is 11.0. The van der Waals surface area contributed by atoms with Crippen molar-refractivity contribution < 1.29 is 19.1 Å². The number of aromatic amines is 1. The van der Waals surface area contributed by atoms with Crippen LogP contribution in [0.2, 0.25) is 0 Å². The minimum atomic E-state index is -0.634. The maximum Gasteiger partial charge on any atom is 0.315 e. The van der Waals surface area contributed by atoms with E-state index in [1.165, 1.54) is 23.4 Å². The lowest BCUT2D eigenvalue weighted by molar-refractivity contribution is -0.142. The first kappa shape index (κ1) is 31.4. The van der Waals surface area contributed by atoms with E-state index in [-0.39, 0.29) is 5.56 Å². The largest absolute Gasteiger partial charge is 0.497 e. The van der Waals surface area contributed by atoms with Crippen molar-refractivity contribution in [3.05, 3.63) is 125 Å². The average molecular weight is 645 g/mol. The Morgan fingerprint density at radius 1 is 0.851 bits per heavy atom. The molecule has 0 radical (unpaired) electrons. The van der Waals surface area contributed by atoms with Crippen LogP contribution in [0.1, 0.15) is 17.7 Å². The van der Waals surface area contributed by atoms with Gasteiger partial charge in [0.05, 0.1) is 42.4 Å². The Balaban J connectivity index is 1.45. The topological polar surface area (TPSA) is 115 Å². The number of H-pyrrole nitrogens is 1. The first-order chi connectivity index (χ1) is 22.9. The second-order valence-corrected chi connectivity index (χ2v) is 11.8. The number of amides is 1. The summed E-state index contributed by atoms with van der Waals surface area (Å²) in [7, 11) is 2.86. The Bertz CT molecular complexity index is 2120. The number of nitrogens with one attached hydrogen (secondary N) is 2. The van der Waals surface area contributed by atoms with Gasteiger partial charge in [-0.1, -0.05) is 78.9 Å². The highest BCUT2D eigenvalue weighted by atomic mass is 32.2. The van der Waals surface area contributed by atoms with Crippen LogP contribution in [-0.2, 0) is 20.1 Å². The van der Waals surface area contributed by atoms with Crippen molar-refractivity contribution in [1.29, 1.82) is 0 Å². The van der Waals surface area contributed by atoms with Crippen molar-refractivity contribution >= 4 is 35.0 Å². The zero-order valence-electron chi connectivity index (χ0n) is 26.1. The van der Waals surface area contributed by atoms with Crippen molar-refractivity contribution in [2.75, 3.05) is 19.5 Å². The van der Waals surface area contributed by atoms with Gasteiger partial charge in [0.2, 0.25) is 5.91 Å². The summed E-state index contributed by atoms with van der Waals surface area (Å²) in [6.45, 7) is 1.83. The molecule has 2 aromatic heterocycles. The van der Waals surface area contributed by atoms with Gasteiger partial charge in [-0.05, 0) is 47.9 Å². The van der Waals surface area contributed by atoms with E-state index in [0.29, 0.717) is 33.9 Å². The Morgan fingerprint density at radius 2 is 1.53 bits per heavy atom. The summed E-state index contributed by atoms with van der Waals surface area (Å²) in [5, 5.41) is 6.17. The summed E-state index contributed by atoms with van der Waals surface area (Å²) in [6, 6.07) is 32.9. The monoisotopic (exact) mass is 644 g/mol. The molecule has 236 valence electrons. The number of anilines is 1. The molecular formula is C37H32N4O5S. The summed E-state index contributed by atoms with van der Waals surface area (Å²) < 4.78 is 11.4. The highest BCUT2D eigenvalue weighted by Gasteiger charge is 2.22. The van der Waals surface area contributed by atoms with E-state index in [0.717, 1.165) is 38.6 Å².